The van der Waals surface area contributed by atoms with Gasteiger partial charge in [0.05, 0.1) is 13.2 Å². The van der Waals surface area contributed by atoms with Gasteiger partial charge in [-0.15, -0.1) is 0 Å². The van der Waals surface area contributed by atoms with Crippen molar-refractivity contribution in [3.05, 3.63) is 12.4 Å². The van der Waals surface area contributed by atoms with Crippen LogP contribution in [0.1, 0.15) is 6.92 Å². The number of morpholine rings is 1. The summed E-state index contributed by atoms with van der Waals surface area (Å²) in [5.41, 5.74) is 5.61. The lowest BCUT2D eigenvalue weighted by molar-refractivity contribution is 0.0838. The minimum absolute atomic E-state index is 0.161. The van der Waals surface area contributed by atoms with Crippen molar-refractivity contribution < 1.29 is 4.74 Å². The minimum Gasteiger partial charge on any atom is -0.391 e. The number of hydrogen-bond donors (Lipinski definition) is 1. The van der Waals surface area contributed by atoms with Gasteiger partial charge >= 0.3 is 0 Å². The van der Waals surface area contributed by atoms with Gasteiger partial charge in [-0.25, -0.2) is 4.98 Å². The number of hydrogen-bond acceptors (Lipinski definition) is 4. The monoisotopic (exact) mass is 240 g/mol. The van der Waals surface area contributed by atoms with Crippen LogP contribution in [-0.2, 0) is 11.3 Å². The Morgan fingerprint density at radius 1 is 1.75 bits per heavy atom. The molecular formula is C10H16N4OS. The molecular weight excluding hydrogens is 224 g/mol. The first-order chi connectivity index (χ1) is 7.72. The van der Waals surface area contributed by atoms with Gasteiger partial charge < -0.3 is 19.9 Å². The lowest BCUT2D eigenvalue weighted by Gasteiger charge is -2.33. The lowest BCUT2D eigenvalue weighted by atomic mass is 10.3. The molecule has 5 nitrogen and oxygen atoms in total. The first kappa shape index (κ1) is 11.3. The summed E-state index contributed by atoms with van der Waals surface area (Å²) in [5.74, 6) is 0.965. The van der Waals surface area contributed by atoms with Crippen LogP contribution in [-0.4, -0.2) is 40.3 Å². The Hall–Kier alpha value is -1.14. The molecule has 1 aromatic rings. The Morgan fingerprint density at radius 3 is 3.25 bits per heavy atom. The van der Waals surface area contributed by atoms with Crippen LogP contribution in [0.5, 0.6) is 0 Å². The SMILES string of the molecule is CCn1ccnc1N1CCOC(C(N)=S)C1. The van der Waals surface area contributed by atoms with Gasteiger partial charge in [-0.1, -0.05) is 12.2 Å². The van der Waals surface area contributed by atoms with Crippen molar-refractivity contribution in [1.82, 2.24) is 9.55 Å². The Morgan fingerprint density at radius 2 is 2.56 bits per heavy atom. The van der Waals surface area contributed by atoms with Crippen molar-refractivity contribution in [2.24, 2.45) is 5.73 Å². The molecule has 0 spiro atoms. The van der Waals surface area contributed by atoms with Gasteiger partial charge in [0, 0.05) is 25.5 Å². The number of ether oxygens (including phenoxy) is 1. The van der Waals surface area contributed by atoms with Crippen molar-refractivity contribution in [2.45, 2.75) is 19.6 Å². The van der Waals surface area contributed by atoms with Crippen LogP contribution in [0.4, 0.5) is 5.95 Å². The summed E-state index contributed by atoms with van der Waals surface area (Å²) in [6.07, 6.45) is 3.62. The lowest BCUT2D eigenvalue weighted by Crippen LogP contribution is -2.48. The van der Waals surface area contributed by atoms with Crippen molar-refractivity contribution in [3.63, 3.8) is 0 Å². The van der Waals surface area contributed by atoms with E-state index in [2.05, 4.69) is 21.4 Å². The number of anilines is 1. The molecule has 2 rings (SSSR count). The molecule has 1 fully saturated rings. The highest BCUT2D eigenvalue weighted by atomic mass is 32.1. The molecule has 0 saturated carbocycles. The molecule has 1 aliphatic heterocycles. The third-order valence-electron chi connectivity index (χ3n) is 2.70. The molecule has 16 heavy (non-hydrogen) atoms. The molecule has 1 aromatic heterocycles. The number of nitrogens with zero attached hydrogens (tertiary/aromatic N) is 3. The first-order valence-corrected chi connectivity index (χ1v) is 5.80. The van der Waals surface area contributed by atoms with E-state index in [0.29, 0.717) is 18.1 Å². The van der Waals surface area contributed by atoms with E-state index in [1.165, 1.54) is 0 Å². The van der Waals surface area contributed by atoms with Crippen molar-refractivity contribution in [3.8, 4) is 0 Å². The normalized spacial score (nSPS) is 21.1. The summed E-state index contributed by atoms with van der Waals surface area (Å²) in [6, 6.07) is 0. The topological polar surface area (TPSA) is 56.3 Å². The van der Waals surface area contributed by atoms with E-state index in [1.54, 1.807) is 0 Å². The quantitative estimate of drug-likeness (QED) is 0.775. The average molecular weight is 240 g/mol. The average Bonchev–Trinajstić information content (AvgIpc) is 2.77. The second kappa shape index (κ2) is 4.80. The Balaban J connectivity index is 2.12. The number of aromatic nitrogens is 2. The van der Waals surface area contributed by atoms with Crippen LogP contribution in [0.3, 0.4) is 0 Å². The van der Waals surface area contributed by atoms with E-state index in [1.807, 2.05) is 12.4 Å². The van der Waals surface area contributed by atoms with Crippen LogP contribution >= 0.6 is 12.2 Å². The second-order valence-electron chi connectivity index (χ2n) is 3.72. The molecule has 1 unspecified atom stereocenters. The van der Waals surface area contributed by atoms with Crippen molar-refractivity contribution in [1.29, 1.82) is 0 Å². The predicted octanol–water partition coefficient (Wildman–Crippen LogP) is 0.394. The Bertz CT molecular complexity index is 379. The van der Waals surface area contributed by atoms with Gasteiger partial charge in [0.2, 0.25) is 5.95 Å². The fourth-order valence-corrected chi connectivity index (χ4v) is 1.98. The van der Waals surface area contributed by atoms with Crippen LogP contribution < -0.4 is 10.6 Å². The Kier molecular flexibility index (Phi) is 3.40. The third kappa shape index (κ3) is 2.17. The Labute approximate surface area is 100 Å². The zero-order valence-corrected chi connectivity index (χ0v) is 10.1. The number of imidazole rings is 1. The highest BCUT2D eigenvalue weighted by molar-refractivity contribution is 7.80. The molecule has 0 amide bonds. The molecule has 88 valence electrons. The van der Waals surface area contributed by atoms with Gasteiger partial charge in [0.1, 0.15) is 11.1 Å². The zero-order chi connectivity index (χ0) is 11.5. The van der Waals surface area contributed by atoms with Gasteiger partial charge in [-0.2, -0.15) is 0 Å². The highest BCUT2D eigenvalue weighted by Crippen LogP contribution is 2.15. The summed E-state index contributed by atoms with van der Waals surface area (Å²) in [6.45, 7) is 5.15. The summed E-state index contributed by atoms with van der Waals surface area (Å²) < 4.78 is 7.60. The molecule has 6 heteroatoms. The summed E-state index contributed by atoms with van der Waals surface area (Å²) >= 11 is 4.96. The standard InChI is InChI=1S/C10H16N4OS/c1-2-13-4-3-12-10(13)14-5-6-15-8(7-14)9(11)16/h3-4,8H,2,5-7H2,1H3,(H2,11,16). The van der Waals surface area contributed by atoms with Gasteiger partial charge in [0.15, 0.2) is 0 Å². The molecule has 1 aliphatic rings. The van der Waals surface area contributed by atoms with E-state index in [4.69, 9.17) is 22.7 Å². The van der Waals surface area contributed by atoms with Crippen LogP contribution in [0.15, 0.2) is 12.4 Å². The minimum atomic E-state index is -0.161. The smallest absolute Gasteiger partial charge is 0.205 e. The van der Waals surface area contributed by atoms with E-state index in [0.717, 1.165) is 19.0 Å². The van der Waals surface area contributed by atoms with Gasteiger partial charge in [-0.05, 0) is 6.92 Å². The molecule has 1 saturated heterocycles. The van der Waals surface area contributed by atoms with E-state index in [9.17, 15) is 0 Å². The van der Waals surface area contributed by atoms with E-state index >= 15 is 0 Å². The molecule has 0 aliphatic carbocycles. The van der Waals surface area contributed by atoms with Gasteiger partial charge in [0.25, 0.3) is 0 Å². The molecule has 0 aromatic carbocycles. The first-order valence-electron chi connectivity index (χ1n) is 5.39. The predicted molar refractivity (Wildman–Crippen MR) is 66.6 cm³/mol. The maximum absolute atomic E-state index is 5.61. The fourth-order valence-electron chi connectivity index (χ4n) is 1.83. The number of rotatable bonds is 3. The largest absolute Gasteiger partial charge is 0.391 e. The van der Waals surface area contributed by atoms with Crippen molar-refractivity contribution in [2.75, 3.05) is 24.6 Å². The number of thiocarbonyl (C=S) groups is 1. The highest BCUT2D eigenvalue weighted by Gasteiger charge is 2.24. The maximum atomic E-state index is 5.61. The summed E-state index contributed by atoms with van der Waals surface area (Å²) in [5, 5.41) is 0. The van der Waals surface area contributed by atoms with Crippen LogP contribution in [0.25, 0.3) is 0 Å². The van der Waals surface area contributed by atoms with Crippen LogP contribution in [0.2, 0.25) is 0 Å². The van der Waals surface area contributed by atoms with E-state index in [-0.39, 0.29) is 6.10 Å². The molecule has 0 bridgehead atoms. The van der Waals surface area contributed by atoms with Gasteiger partial charge in [-0.3, -0.25) is 0 Å². The zero-order valence-electron chi connectivity index (χ0n) is 9.30. The molecule has 2 heterocycles. The number of nitrogens with two attached hydrogens (primary N) is 1. The molecule has 2 N–H and O–H groups in total. The third-order valence-corrected chi connectivity index (χ3v) is 2.96. The maximum Gasteiger partial charge on any atom is 0.205 e. The molecule has 1 atom stereocenters. The summed E-state index contributed by atoms with van der Waals surface area (Å²) in [4.78, 5) is 6.93. The number of aryl methyl sites for hydroxylation is 1. The summed E-state index contributed by atoms with van der Waals surface area (Å²) in [7, 11) is 0. The van der Waals surface area contributed by atoms with Crippen molar-refractivity contribution >= 4 is 23.2 Å². The molecule has 0 radical (unpaired) electrons. The van der Waals surface area contributed by atoms with E-state index < -0.39 is 0 Å². The second-order valence-corrected chi connectivity index (χ2v) is 4.19. The van der Waals surface area contributed by atoms with Crippen LogP contribution in [0, 0.1) is 0 Å². The fraction of sp³-hybridized carbons (Fsp3) is 0.600.